The number of piperidine rings is 1. The SMILES string of the molecule is C=CCN(C(=O)Cc1ccccc1)C1CCN(CCC2(c3ccccc3)CCN(C(=O)C(C)(C)C)CO2)CC1. The lowest BCUT2D eigenvalue weighted by Gasteiger charge is -2.45. The number of rotatable bonds is 9. The quantitative estimate of drug-likeness (QED) is 0.415. The summed E-state index contributed by atoms with van der Waals surface area (Å²) in [5.74, 6) is 0.310. The van der Waals surface area contributed by atoms with E-state index >= 15 is 0 Å². The van der Waals surface area contributed by atoms with E-state index in [0.717, 1.165) is 50.9 Å². The standard InChI is InChI=1S/C33H45N3O3/c1-5-20-36(30(37)25-27-12-8-6-9-13-27)29-16-21-34(22-17-29)23-18-33(28-14-10-7-11-15-28)19-24-35(26-39-33)31(38)32(2,3)4/h5-15,29H,1,16-26H2,2-4H3. The van der Waals surface area contributed by atoms with E-state index in [-0.39, 0.29) is 17.9 Å². The van der Waals surface area contributed by atoms with E-state index in [9.17, 15) is 9.59 Å². The fourth-order valence-corrected chi connectivity index (χ4v) is 5.86. The summed E-state index contributed by atoms with van der Waals surface area (Å²) in [6, 6.07) is 20.7. The maximum Gasteiger partial charge on any atom is 0.229 e. The first-order chi connectivity index (χ1) is 18.7. The number of nitrogens with zero attached hydrogens (tertiary/aromatic N) is 3. The third-order valence-corrected chi connectivity index (χ3v) is 8.18. The lowest BCUT2D eigenvalue weighted by atomic mass is 9.85. The predicted octanol–water partition coefficient (Wildman–Crippen LogP) is 5.25. The topological polar surface area (TPSA) is 53.1 Å². The number of carbonyl (C=O) groups is 2. The second-order valence-electron chi connectivity index (χ2n) is 12.0. The van der Waals surface area contributed by atoms with Crippen molar-refractivity contribution >= 4 is 11.8 Å². The van der Waals surface area contributed by atoms with E-state index in [1.54, 1.807) is 0 Å². The van der Waals surface area contributed by atoms with Gasteiger partial charge >= 0.3 is 0 Å². The summed E-state index contributed by atoms with van der Waals surface area (Å²) < 4.78 is 6.57. The minimum absolute atomic E-state index is 0.136. The Labute approximate surface area is 234 Å². The molecule has 0 saturated carbocycles. The van der Waals surface area contributed by atoms with Crippen LogP contribution in [0, 0.1) is 5.41 Å². The number of amides is 2. The third kappa shape index (κ3) is 7.37. The molecule has 4 rings (SSSR count). The maximum atomic E-state index is 13.2. The van der Waals surface area contributed by atoms with Crippen molar-refractivity contribution in [2.75, 3.05) is 39.5 Å². The third-order valence-electron chi connectivity index (χ3n) is 8.18. The fourth-order valence-electron chi connectivity index (χ4n) is 5.86. The van der Waals surface area contributed by atoms with Crippen LogP contribution in [0.15, 0.2) is 73.3 Å². The largest absolute Gasteiger partial charge is 0.350 e. The number of hydrogen-bond donors (Lipinski definition) is 0. The average molecular weight is 532 g/mol. The lowest BCUT2D eigenvalue weighted by Crippen LogP contribution is -2.52. The van der Waals surface area contributed by atoms with Gasteiger partial charge in [-0.3, -0.25) is 9.59 Å². The highest BCUT2D eigenvalue weighted by molar-refractivity contribution is 5.81. The van der Waals surface area contributed by atoms with Crippen LogP contribution in [0.1, 0.15) is 57.6 Å². The Morgan fingerprint density at radius 3 is 2.23 bits per heavy atom. The van der Waals surface area contributed by atoms with Gasteiger partial charge in [-0.2, -0.15) is 0 Å². The Kier molecular flexibility index (Phi) is 9.62. The van der Waals surface area contributed by atoms with Crippen molar-refractivity contribution in [1.29, 1.82) is 0 Å². The summed E-state index contributed by atoms with van der Waals surface area (Å²) in [5, 5.41) is 0. The van der Waals surface area contributed by atoms with E-state index in [0.29, 0.717) is 26.2 Å². The molecule has 2 aromatic carbocycles. The van der Waals surface area contributed by atoms with Crippen LogP contribution in [-0.4, -0.2) is 72.0 Å². The highest BCUT2D eigenvalue weighted by Gasteiger charge is 2.40. The van der Waals surface area contributed by atoms with Gasteiger partial charge in [-0.15, -0.1) is 6.58 Å². The number of hydrogen-bond acceptors (Lipinski definition) is 4. The molecule has 2 aromatic rings. The van der Waals surface area contributed by atoms with Crippen LogP contribution >= 0.6 is 0 Å². The molecule has 2 saturated heterocycles. The molecular weight excluding hydrogens is 486 g/mol. The van der Waals surface area contributed by atoms with Crippen molar-refractivity contribution in [1.82, 2.24) is 14.7 Å². The van der Waals surface area contributed by atoms with E-state index in [4.69, 9.17) is 4.74 Å². The molecule has 210 valence electrons. The highest BCUT2D eigenvalue weighted by Crippen LogP contribution is 2.38. The van der Waals surface area contributed by atoms with Crippen LogP contribution in [0.2, 0.25) is 0 Å². The molecule has 0 aromatic heterocycles. The minimum Gasteiger partial charge on any atom is -0.350 e. The van der Waals surface area contributed by atoms with Crippen LogP contribution in [0.3, 0.4) is 0 Å². The van der Waals surface area contributed by atoms with Crippen LogP contribution in [-0.2, 0) is 26.3 Å². The first-order valence-corrected chi connectivity index (χ1v) is 14.4. The molecule has 39 heavy (non-hydrogen) atoms. The minimum atomic E-state index is -0.414. The lowest BCUT2D eigenvalue weighted by molar-refractivity contribution is -0.175. The average Bonchev–Trinajstić information content (AvgIpc) is 2.95. The molecule has 2 aliphatic rings. The summed E-state index contributed by atoms with van der Waals surface area (Å²) in [5.41, 5.74) is 1.43. The monoisotopic (exact) mass is 531 g/mol. The van der Waals surface area contributed by atoms with Gasteiger partial charge in [0.1, 0.15) is 6.73 Å². The molecule has 0 bridgehead atoms. The van der Waals surface area contributed by atoms with Gasteiger partial charge in [-0.1, -0.05) is 87.5 Å². The van der Waals surface area contributed by atoms with Gasteiger partial charge in [0, 0.05) is 44.2 Å². The van der Waals surface area contributed by atoms with Gasteiger partial charge in [0.15, 0.2) is 0 Å². The summed E-state index contributed by atoms with van der Waals surface area (Å²) in [7, 11) is 0. The van der Waals surface area contributed by atoms with Crippen LogP contribution in [0.4, 0.5) is 0 Å². The van der Waals surface area contributed by atoms with E-state index in [1.807, 2.05) is 73.0 Å². The van der Waals surface area contributed by atoms with Crippen LogP contribution in [0.5, 0.6) is 0 Å². The van der Waals surface area contributed by atoms with Crippen molar-refractivity contribution < 1.29 is 14.3 Å². The zero-order valence-electron chi connectivity index (χ0n) is 24.0. The molecule has 2 aliphatic heterocycles. The van der Waals surface area contributed by atoms with Crippen molar-refractivity contribution in [2.45, 2.75) is 64.5 Å². The van der Waals surface area contributed by atoms with Crippen molar-refractivity contribution in [2.24, 2.45) is 5.41 Å². The molecule has 6 heteroatoms. The Morgan fingerprint density at radius 2 is 1.67 bits per heavy atom. The molecule has 1 atom stereocenters. The van der Waals surface area contributed by atoms with Gasteiger partial charge < -0.3 is 19.4 Å². The van der Waals surface area contributed by atoms with Crippen molar-refractivity contribution in [3.63, 3.8) is 0 Å². The first kappa shape index (κ1) is 29.0. The van der Waals surface area contributed by atoms with E-state index < -0.39 is 11.0 Å². The summed E-state index contributed by atoms with van der Waals surface area (Å²) in [6.45, 7) is 14.2. The zero-order valence-corrected chi connectivity index (χ0v) is 24.0. The van der Waals surface area contributed by atoms with Gasteiger partial charge in [0.25, 0.3) is 0 Å². The van der Waals surface area contributed by atoms with E-state index in [1.165, 1.54) is 5.56 Å². The normalized spacial score (nSPS) is 20.9. The van der Waals surface area contributed by atoms with Crippen molar-refractivity contribution in [3.05, 3.63) is 84.4 Å². The van der Waals surface area contributed by atoms with Gasteiger partial charge in [0.2, 0.25) is 11.8 Å². The Morgan fingerprint density at radius 1 is 1.03 bits per heavy atom. The van der Waals surface area contributed by atoms with Gasteiger partial charge in [-0.25, -0.2) is 0 Å². The summed E-state index contributed by atoms with van der Waals surface area (Å²) in [4.78, 5) is 32.4. The smallest absolute Gasteiger partial charge is 0.229 e. The van der Waals surface area contributed by atoms with Crippen LogP contribution < -0.4 is 0 Å². The fraction of sp³-hybridized carbons (Fsp3) is 0.515. The second-order valence-corrected chi connectivity index (χ2v) is 12.0. The highest BCUT2D eigenvalue weighted by atomic mass is 16.5. The number of ether oxygens (including phenoxy) is 1. The first-order valence-electron chi connectivity index (χ1n) is 14.4. The molecule has 0 N–H and O–H groups in total. The number of benzene rings is 2. The zero-order chi connectivity index (χ0) is 27.9. The molecule has 2 heterocycles. The second kappa shape index (κ2) is 12.9. The molecule has 2 fully saturated rings. The molecule has 0 aliphatic carbocycles. The summed E-state index contributed by atoms with van der Waals surface area (Å²) in [6.07, 6.45) is 5.86. The molecular formula is C33H45N3O3. The molecule has 1 unspecified atom stereocenters. The maximum absolute atomic E-state index is 13.2. The predicted molar refractivity (Wildman–Crippen MR) is 156 cm³/mol. The summed E-state index contributed by atoms with van der Waals surface area (Å²) >= 11 is 0. The van der Waals surface area contributed by atoms with Crippen molar-refractivity contribution in [3.8, 4) is 0 Å². The van der Waals surface area contributed by atoms with E-state index in [2.05, 4.69) is 35.7 Å². The van der Waals surface area contributed by atoms with Crippen LogP contribution in [0.25, 0.3) is 0 Å². The Bertz CT molecular complexity index is 1080. The Balaban J connectivity index is 1.35. The van der Waals surface area contributed by atoms with Gasteiger partial charge in [-0.05, 0) is 36.8 Å². The molecule has 0 spiro atoms. The molecule has 2 amide bonds. The molecule has 6 nitrogen and oxygen atoms in total. The number of carbonyl (C=O) groups excluding carboxylic acids is 2. The Hall–Kier alpha value is -2.96. The molecule has 0 radical (unpaired) electrons. The van der Waals surface area contributed by atoms with Gasteiger partial charge in [0.05, 0.1) is 12.0 Å². The number of likely N-dealkylation sites (tertiary alicyclic amines) is 1.